The van der Waals surface area contributed by atoms with Crippen molar-refractivity contribution in [3.8, 4) is 0 Å². The molecule has 0 aromatic carbocycles. The molecule has 0 spiro atoms. The van der Waals surface area contributed by atoms with Crippen molar-refractivity contribution in [2.45, 2.75) is 51.4 Å². The Kier molecular flexibility index (Phi) is 3.98. The van der Waals surface area contributed by atoms with Crippen LogP contribution in [0.4, 0.5) is 13.2 Å². The Bertz CT molecular complexity index is 682. The summed E-state index contributed by atoms with van der Waals surface area (Å²) in [5, 5.41) is 14.6. The largest absolute Gasteiger partial charge is 0.456 e. The van der Waals surface area contributed by atoms with Crippen LogP contribution in [0.15, 0.2) is 21.7 Å². The number of hydrogen-bond donors (Lipinski definition) is 1. The maximum Gasteiger partial charge on any atom is 0.439 e. The summed E-state index contributed by atoms with van der Waals surface area (Å²) in [6.45, 7) is 3.48. The minimum absolute atomic E-state index is 0.0729. The van der Waals surface area contributed by atoms with Gasteiger partial charge >= 0.3 is 12.1 Å². The first-order valence-electron chi connectivity index (χ1n) is 7.96. The predicted molar refractivity (Wildman–Crippen MR) is 79.2 cm³/mol. The van der Waals surface area contributed by atoms with E-state index in [1.54, 1.807) is 6.92 Å². The van der Waals surface area contributed by atoms with E-state index in [0.717, 1.165) is 6.42 Å². The van der Waals surface area contributed by atoms with E-state index in [4.69, 9.17) is 4.42 Å². The monoisotopic (exact) mass is 344 g/mol. The van der Waals surface area contributed by atoms with Crippen molar-refractivity contribution in [2.75, 3.05) is 0 Å². The van der Waals surface area contributed by atoms with Crippen LogP contribution in [0.3, 0.4) is 0 Å². The Morgan fingerprint density at radius 2 is 2.21 bits per heavy atom. The van der Waals surface area contributed by atoms with Crippen LogP contribution >= 0.6 is 0 Å². The molecule has 1 saturated carbocycles. The smallest absolute Gasteiger partial charge is 0.439 e. The maximum absolute atomic E-state index is 13.7. The molecule has 3 rings (SSSR count). The van der Waals surface area contributed by atoms with E-state index in [2.05, 4.69) is 5.10 Å². The van der Waals surface area contributed by atoms with Crippen molar-refractivity contribution in [2.24, 2.45) is 16.9 Å². The second kappa shape index (κ2) is 5.61. The number of aryl methyl sites for hydroxylation is 1. The number of aliphatic hydroxyl groups is 1. The molecule has 0 bridgehead atoms. The SMILES string of the molecule is CC[C@H]1CCC2=NN(C(=O)c3ccc(C)o3)[C@@](O)(C(F)(F)F)[C@@H]2C1. The number of hydrazone groups is 1. The first-order valence-corrected chi connectivity index (χ1v) is 7.96. The van der Waals surface area contributed by atoms with Gasteiger partial charge in [0.1, 0.15) is 5.76 Å². The normalized spacial score (nSPS) is 30.2. The first kappa shape index (κ1) is 17.0. The fourth-order valence-electron chi connectivity index (χ4n) is 3.52. The highest BCUT2D eigenvalue weighted by atomic mass is 19.4. The number of alkyl halides is 3. The zero-order chi connectivity index (χ0) is 17.7. The van der Waals surface area contributed by atoms with Gasteiger partial charge in [-0.15, -0.1) is 0 Å². The van der Waals surface area contributed by atoms with E-state index >= 15 is 0 Å². The second-order valence-corrected chi connectivity index (χ2v) is 6.44. The minimum Gasteiger partial charge on any atom is -0.456 e. The fourth-order valence-corrected chi connectivity index (χ4v) is 3.52. The molecular weight excluding hydrogens is 325 g/mol. The molecule has 0 saturated heterocycles. The number of nitrogens with zero attached hydrogens (tertiary/aromatic N) is 2. The van der Waals surface area contributed by atoms with Crippen LogP contribution < -0.4 is 0 Å². The molecule has 2 heterocycles. The molecule has 1 amide bonds. The summed E-state index contributed by atoms with van der Waals surface area (Å²) in [7, 11) is 0. The Morgan fingerprint density at radius 3 is 2.75 bits per heavy atom. The summed E-state index contributed by atoms with van der Waals surface area (Å²) >= 11 is 0. The summed E-state index contributed by atoms with van der Waals surface area (Å²) in [6.07, 6.45) is -3.07. The van der Waals surface area contributed by atoms with Crippen molar-refractivity contribution in [3.05, 3.63) is 23.7 Å². The molecule has 1 aliphatic carbocycles. The van der Waals surface area contributed by atoms with Gasteiger partial charge in [0, 0.05) is 5.71 Å². The van der Waals surface area contributed by atoms with E-state index < -0.39 is 23.7 Å². The molecule has 5 nitrogen and oxygen atoms in total. The Morgan fingerprint density at radius 1 is 1.50 bits per heavy atom. The number of halogens is 3. The van der Waals surface area contributed by atoms with Gasteiger partial charge in [-0.2, -0.15) is 23.3 Å². The fraction of sp³-hybridized carbons (Fsp3) is 0.625. The number of carbonyl (C=O) groups excluding carboxylic acids is 1. The Hall–Kier alpha value is -1.83. The third kappa shape index (κ3) is 2.44. The third-order valence-corrected chi connectivity index (χ3v) is 4.96. The van der Waals surface area contributed by atoms with E-state index in [1.807, 2.05) is 6.92 Å². The maximum atomic E-state index is 13.7. The van der Waals surface area contributed by atoms with E-state index in [1.165, 1.54) is 12.1 Å². The second-order valence-electron chi connectivity index (χ2n) is 6.44. The predicted octanol–water partition coefficient (Wildman–Crippen LogP) is 3.48. The van der Waals surface area contributed by atoms with Crippen LogP contribution in [-0.2, 0) is 0 Å². The van der Waals surface area contributed by atoms with Crippen LogP contribution in [0.2, 0.25) is 0 Å². The van der Waals surface area contributed by atoms with E-state index in [9.17, 15) is 23.1 Å². The highest BCUT2D eigenvalue weighted by Gasteiger charge is 2.69. The molecule has 1 N–H and O–H groups in total. The van der Waals surface area contributed by atoms with E-state index in [-0.39, 0.29) is 28.8 Å². The highest BCUT2D eigenvalue weighted by molar-refractivity contribution is 5.98. The minimum atomic E-state index is -5.02. The lowest BCUT2D eigenvalue weighted by Crippen LogP contribution is -2.61. The molecule has 132 valence electrons. The van der Waals surface area contributed by atoms with Gasteiger partial charge in [0.15, 0.2) is 5.76 Å². The van der Waals surface area contributed by atoms with Crippen molar-refractivity contribution >= 4 is 11.6 Å². The van der Waals surface area contributed by atoms with Crippen molar-refractivity contribution in [1.82, 2.24) is 5.01 Å². The van der Waals surface area contributed by atoms with Crippen LogP contribution in [0.1, 0.15) is 48.9 Å². The summed E-state index contributed by atoms with van der Waals surface area (Å²) in [4.78, 5) is 12.5. The molecule has 8 heteroatoms. The number of furan rings is 1. The van der Waals surface area contributed by atoms with Gasteiger partial charge in [-0.05, 0) is 44.2 Å². The molecule has 1 aliphatic heterocycles. The van der Waals surface area contributed by atoms with Gasteiger partial charge in [-0.3, -0.25) is 4.79 Å². The first-order chi connectivity index (χ1) is 11.2. The average Bonchev–Trinajstić information content (AvgIpc) is 3.08. The molecular formula is C16H19F3N2O3. The van der Waals surface area contributed by atoms with Gasteiger partial charge in [0.25, 0.3) is 5.72 Å². The van der Waals surface area contributed by atoms with Gasteiger partial charge in [-0.25, -0.2) is 0 Å². The molecule has 2 aliphatic rings. The van der Waals surface area contributed by atoms with Crippen LogP contribution in [0.25, 0.3) is 0 Å². The average molecular weight is 344 g/mol. The van der Waals surface area contributed by atoms with Crippen molar-refractivity contribution < 1.29 is 27.5 Å². The summed E-state index contributed by atoms with van der Waals surface area (Å²) < 4.78 is 46.3. The van der Waals surface area contributed by atoms with Gasteiger partial charge in [-0.1, -0.05) is 13.3 Å². The lowest BCUT2D eigenvalue weighted by atomic mass is 9.74. The molecule has 0 radical (unpaired) electrons. The van der Waals surface area contributed by atoms with Crippen LogP contribution in [0, 0.1) is 18.8 Å². The standard InChI is InChI=1S/C16H19F3N2O3/c1-3-10-5-6-12-11(8-10)15(23,16(17,18)19)21(20-12)14(22)13-7-4-9(2)24-13/h4,7,10-11,23H,3,5-6,8H2,1-2H3/t10-,11+,15-/m0/s1. The highest BCUT2D eigenvalue weighted by Crippen LogP contribution is 2.50. The topological polar surface area (TPSA) is 66.0 Å². The summed E-state index contributed by atoms with van der Waals surface area (Å²) in [5.41, 5.74) is -3.09. The van der Waals surface area contributed by atoms with Gasteiger partial charge in [0.2, 0.25) is 0 Å². The van der Waals surface area contributed by atoms with Crippen LogP contribution in [-0.4, -0.2) is 33.6 Å². The van der Waals surface area contributed by atoms with Gasteiger partial charge < -0.3 is 9.52 Å². The molecule has 24 heavy (non-hydrogen) atoms. The molecule has 1 fully saturated rings. The van der Waals surface area contributed by atoms with Gasteiger partial charge in [0.05, 0.1) is 5.92 Å². The number of fused-ring (bicyclic) bond motifs is 1. The number of carbonyl (C=O) groups is 1. The quantitative estimate of drug-likeness (QED) is 0.893. The summed E-state index contributed by atoms with van der Waals surface area (Å²) in [6, 6.07) is 2.76. The number of amides is 1. The Labute approximate surface area is 137 Å². The summed E-state index contributed by atoms with van der Waals surface area (Å²) in [5.74, 6) is -2.12. The lowest BCUT2D eigenvalue weighted by Gasteiger charge is -2.39. The molecule has 0 unspecified atom stereocenters. The van der Waals surface area contributed by atoms with Crippen LogP contribution in [0.5, 0.6) is 0 Å². The lowest BCUT2D eigenvalue weighted by molar-refractivity contribution is -0.313. The van der Waals surface area contributed by atoms with E-state index in [0.29, 0.717) is 18.6 Å². The molecule has 1 aromatic rings. The third-order valence-electron chi connectivity index (χ3n) is 4.96. The zero-order valence-electron chi connectivity index (χ0n) is 13.4. The number of rotatable bonds is 2. The zero-order valence-corrected chi connectivity index (χ0v) is 13.4. The number of hydrogen-bond acceptors (Lipinski definition) is 4. The van der Waals surface area contributed by atoms with Crippen molar-refractivity contribution in [1.29, 1.82) is 0 Å². The molecule has 1 aromatic heterocycles. The molecule has 3 atom stereocenters. The Balaban J connectivity index is 2.01. The van der Waals surface area contributed by atoms with Crippen molar-refractivity contribution in [3.63, 3.8) is 0 Å².